The first-order valence-electron chi connectivity index (χ1n) is 17.4. The van der Waals surface area contributed by atoms with E-state index in [9.17, 15) is 14.4 Å². The second kappa shape index (κ2) is 15.5. The van der Waals surface area contributed by atoms with Crippen molar-refractivity contribution in [1.82, 2.24) is 19.4 Å². The minimum atomic E-state index is -0.386. The summed E-state index contributed by atoms with van der Waals surface area (Å²) in [6, 6.07) is 16.4. The molecule has 268 valence electrons. The van der Waals surface area contributed by atoms with Crippen LogP contribution in [0.4, 0.5) is 5.69 Å². The molecule has 4 heterocycles. The van der Waals surface area contributed by atoms with Gasteiger partial charge < -0.3 is 28.6 Å². The van der Waals surface area contributed by atoms with Gasteiger partial charge in [0.25, 0.3) is 17.4 Å². The topological polar surface area (TPSA) is 125 Å². The van der Waals surface area contributed by atoms with Crippen LogP contribution in [0, 0.1) is 0 Å². The van der Waals surface area contributed by atoms with E-state index in [0.29, 0.717) is 91.1 Å². The fourth-order valence-corrected chi connectivity index (χ4v) is 6.86. The molecule has 51 heavy (non-hydrogen) atoms. The standard InChI is InChI=1S/C38H43N5O8/c1-47-33-8-3-26(23-34(33)48-2)9-11-42-35(39-32-24-27(4-6-30(32)37(42)45)41-16-20-50-21-17-41)10-12-43-36(44)29-7-5-28(25-31(29)38(43)46)51-22-15-40-13-18-49-19-14-40/h3-8,23-25H,9-22H2,1-2H3. The van der Waals surface area contributed by atoms with Gasteiger partial charge in [-0.2, -0.15) is 0 Å². The lowest BCUT2D eigenvalue weighted by Gasteiger charge is -2.29. The van der Waals surface area contributed by atoms with Gasteiger partial charge in [-0.3, -0.25) is 28.8 Å². The summed E-state index contributed by atoms with van der Waals surface area (Å²) in [5.41, 5.74) is 2.98. The van der Waals surface area contributed by atoms with Crippen LogP contribution in [0.15, 0.2) is 59.4 Å². The van der Waals surface area contributed by atoms with E-state index in [1.807, 2.05) is 36.4 Å². The Morgan fingerprint density at radius 2 is 1.47 bits per heavy atom. The first kappa shape index (κ1) is 34.5. The number of carbonyl (C=O) groups is 2. The van der Waals surface area contributed by atoms with E-state index in [1.165, 1.54) is 4.90 Å². The van der Waals surface area contributed by atoms with Gasteiger partial charge in [0.05, 0.1) is 62.7 Å². The highest BCUT2D eigenvalue weighted by Gasteiger charge is 2.36. The number of anilines is 1. The van der Waals surface area contributed by atoms with Gasteiger partial charge in [-0.1, -0.05) is 6.07 Å². The van der Waals surface area contributed by atoms with Gasteiger partial charge in [-0.05, 0) is 60.5 Å². The van der Waals surface area contributed by atoms with Gasteiger partial charge in [-0.15, -0.1) is 0 Å². The van der Waals surface area contributed by atoms with Gasteiger partial charge in [0.1, 0.15) is 18.2 Å². The molecule has 1 aromatic heterocycles. The molecule has 0 saturated carbocycles. The second-order valence-electron chi connectivity index (χ2n) is 12.7. The van der Waals surface area contributed by atoms with Crippen molar-refractivity contribution >= 4 is 28.4 Å². The quantitative estimate of drug-likeness (QED) is 0.192. The summed E-state index contributed by atoms with van der Waals surface area (Å²) in [4.78, 5) is 51.9. The number of amides is 2. The van der Waals surface area contributed by atoms with Crippen molar-refractivity contribution in [3.63, 3.8) is 0 Å². The number of morpholine rings is 2. The van der Waals surface area contributed by atoms with Crippen LogP contribution in [0.25, 0.3) is 10.9 Å². The van der Waals surface area contributed by atoms with Crippen LogP contribution in [-0.4, -0.2) is 118 Å². The maximum Gasteiger partial charge on any atom is 0.261 e. The molecule has 2 fully saturated rings. The summed E-state index contributed by atoms with van der Waals surface area (Å²) in [6.07, 6.45) is 0.723. The van der Waals surface area contributed by atoms with Crippen LogP contribution in [-0.2, 0) is 28.9 Å². The molecule has 3 aromatic carbocycles. The summed E-state index contributed by atoms with van der Waals surface area (Å²) >= 11 is 0. The zero-order chi connectivity index (χ0) is 35.3. The molecule has 0 aliphatic carbocycles. The number of methoxy groups -OCH3 is 2. The van der Waals surface area contributed by atoms with Crippen molar-refractivity contribution in [2.45, 2.75) is 19.4 Å². The van der Waals surface area contributed by atoms with E-state index in [4.69, 9.17) is 28.7 Å². The average Bonchev–Trinajstić information content (AvgIpc) is 3.41. The Balaban J connectivity index is 1.12. The number of carbonyl (C=O) groups excluding carboxylic acids is 2. The predicted molar refractivity (Wildman–Crippen MR) is 191 cm³/mol. The molecule has 0 N–H and O–H groups in total. The number of ether oxygens (including phenoxy) is 5. The molecule has 0 unspecified atom stereocenters. The van der Waals surface area contributed by atoms with E-state index in [1.54, 1.807) is 37.0 Å². The molecular weight excluding hydrogens is 654 g/mol. The van der Waals surface area contributed by atoms with Gasteiger partial charge in [-0.25, -0.2) is 4.98 Å². The number of imide groups is 1. The zero-order valence-corrected chi connectivity index (χ0v) is 29.1. The summed E-state index contributed by atoms with van der Waals surface area (Å²) in [6.45, 7) is 7.54. The number of fused-ring (bicyclic) bond motifs is 2. The van der Waals surface area contributed by atoms with Gasteiger partial charge >= 0.3 is 0 Å². The highest BCUT2D eigenvalue weighted by Crippen LogP contribution is 2.29. The first-order valence-corrected chi connectivity index (χ1v) is 17.4. The van der Waals surface area contributed by atoms with E-state index in [2.05, 4.69) is 9.80 Å². The van der Waals surface area contributed by atoms with Crippen LogP contribution in [0.3, 0.4) is 0 Å². The Labute approximate surface area is 296 Å². The molecular formula is C38H43N5O8. The van der Waals surface area contributed by atoms with Gasteiger partial charge in [0, 0.05) is 57.9 Å². The van der Waals surface area contributed by atoms with Crippen LogP contribution in [0.5, 0.6) is 17.2 Å². The molecule has 0 atom stereocenters. The fourth-order valence-electron chi connectivity index (χ4n) is 6.86. The minimum absolute atomic E-state index is 0.0665. The van der Waals surface area contributed by atoms with Crippen LogP contribution < -0.4 is 24.7 Å². The molecule has 7 rings (SSSR count). The average molecular weight is 698 g/mol. The van der Waals surface area contributed by atoms with Crippen molar-refractivity contribution < 1.29 is 33.3 Å². The molecule has 3 aliphatic rings. The number of nitrogens with zero attached hydrogens (tertiary/aromatic N) is 5. The lowest BCUT2D eigenvalue weighted by molar-refractivity contribution is 0.0322. The van der Waals surface area contributed by atoms with Crippen molar-refractivity contribution in [3.8, 4) is 17.2 Å². The molecule has 13 nitrogen and oxygen atoms in total. The molecule has 2 saturated heterocycles. The molecule has 0 spiro atoms. The SMILES string of the molecule is COc1ccc(CCn2c(CCN3C(=O)c4ccc(OCCN5CCOCC5)cc4C3=O)nc3cc(N4CCOCC4)ccc3c2=O)cc1OC. The minimum Gasteiger partial charge on any atom is -0.493 e. The number of aryl methyl sites for hydroxylation is 1. The molecule has 0 bridgehead atoms. The Kier molecular flexibility index (Phi) is 10.5. The van der Waals surface area contributed by atoms with Crippen molar-refractivity contribution in [2.24, 2.45) is 0 Å². The number of hydrogen-bond acceptors (Lipinski definition) is 11. The Bertz CT molecular complexity index is 1970. The zero-order valence-electron chi connectivity index (χ0n) is 29.1. The molecule has 3 aliphatic heterocycles. The molecule has 13 heteroatoms. The highest BCUT2D eigenvalue weighted by molar-refractivity contribution is 6.21. The maximum absolute atomic E-state index is 14.1. The largest absolute Gasteiger partial charge is 0.493 e. The number of hydrogen-bond donors (Lipinski definition) is 0. The highest BCUT2D eigenvalue weighted by atomic mass is 16.5. The summed E-state index contributed by atoms with van der Waals surface area (Å²) in [7, 11) is 3.17. The van der Waals surface area contributed by atoms with Gasteiger partial charge in [0.2, 0.25) is 0 Å². The molecule has 4 aromatic rings. The van der Waals surface area contributed by atoms with Crippen molar-refractivity contribution in [3.05, 3.63) is 87.5 Å². The van der Waals surface area contributed by atoms with E-state index in [0.717, 1.165) is 44.0 Å². The fraction of sp³-hybridized carbons (Fsp3) is 0.421. The third-order valence-electron chi connectivity index (χ3n) is 9.75. The van der Waals surface area contributed by atoms with Crippen LogP contribution in [0.1, 0.15) is 32.1 Å². The van der Waals surface area contributed by atoms with Gasteiger partial charge in [0.15, 0.2) is 11.5 Å². The lowest BCUT2D eigenvalue weighted by Crippen LogP contribution is -2.38. The summed E-state index contributed by atoms with van der Waals surface area (Å²) < 4.78 is 29.4. The molecule has 2 amide bonds. The monoisotopic (exact) mass is 697 g/mol. The summed E-state index contributed by atoms with van der Waals surface area (Å²) in [5.74, 6) is 1.51. The number of aromatic nitrogens is 2. The maximum atomic E-state index is 14.1. The van der Waals surface area contributed by atoms with E-state index in [-0.39, 0.29) is 30.3 Å². The van der Waals surface area contributed by atoms with Crippen molar-refractivity contribution in [1.29, 1.82) is 0 Å². The number of benzene rings is 3. The van der Waals surface area contributed by atoms with E-state index < -0.39 is 0 Å². The van der Waals surface area contributed by atoms with E-state index >= 15 is 0 Å². The van der Waals surface area contributed by atoms with Crippen LogP contribution in [0.2, 0.25) is 0 Å². The van der Waals surface area contributed by atoms with Crippen molar-refractivity contribution in [2.75, 3.05) is 91.4 Å². The molecule has 0 radical (unpaired) electrons. The summed E-state index contributed by atoms with van der Waals surface area (Å²) in [5, 5.41) is 0.505. The third kappa shape index (κ3) is 7.41. The lowest BCUT2D eigenvalue weighted by atomic mass is 10.1. The first-order chi connectivity index (χ1) is 24.9. The Morgan fingerprint density at radius 3 is 2.24 bits per heavy atom. The second-order valence-corrected chi connectivity index (χ2v) is 12.7. The smallest absolute Gasteiger partial charge is 0.261 e. The van der Waals surface area contributed by atoms with Crippen LogP contribution >= 0.6 is 0 Å². The Hall–Kier alpha value is -4.98. The Morgan fingerprint density at radius 1 is 0.725 bits per heavy atom. The normalized spacial score (nSPS) is 16.5. The predicted octanol–water partition coefficient (Wildman–Crippen LogP) is 3.04. The third-order valence-corrected chi connectivity index (χ3v) is 9.75. The number of rotatable bonds is 13.